The lowest BCUT2D eigenvalue weighted by Crippen LogP contribution is -2.33. The van der Waals surface area contributed by atoms with Gasteiger partial charge in [0.1, 0.15) is 5.75 Å². The van der Waals surface area contributed by atoms with E-state index in [1.54, 1.807) is 7.11 Å². The molecule has 2 nitrogen and oxygen atoms in total. The van der Waals surface area contributed by atoms with E-state index in [0.717, 1.165) is 17.5 Å². The summed E-state index contributed by atoms with van der Waals surface area (Å²) >= 11 is 1.99. The van der Waals surface area contributed by atoms with Crippen LogP contribution in [0.1, 0.15) is 24.8 Å². The van der Waals surface area contributed by atoms with Gasteiger partial charge >= 0.3 is 0 Å². The number of ether oxygens (including phenoxy) is 1. The number of methoxy groups -OCH3 is 1. The molecule has 0 aliphatic heterocycles. The summed E-state index contributed by atoms with van der Waals surface area (Å²) < 4.78 is 5.37. The number of benzene rings is 1. The third kappa shape index (κ3) is 3.17. The predicted molar refractivity (Wildman–Crippen MR) is 74.8 cm³/mol. The molecule has 2 unspecified atom stereocenters. The van der Waals surface area contributed by atoms with Gasteiger partial charge in [-0.05, 0) is 25.2 Å². The zero-order valence-corrected chi connectivity index (χ0v) is 11.4. The Hall–Kier alpha value is -0.670. The zero-order chi connectivity index (χ0) is 12.1. The van der Waals surface area contributed by atoms with Crippen LogP contribution in [0.4, 0.5) is 0 Å². The Morgan fingerprint density at radius 2 is 2.18 bits per heavy atom. The Morgan fingerprint density at radius 1 is 1.35 bits per heavy atom. The first kappa shape index (κ1) is 12.8. The van der Waals surface area contributed by atoms with Crippen LogP contribution in [0, 0.1) is 0 Å². The van der Waals surface area contributed by atoms with Crippen molar-refractivity contribution in [3.63, 3.8) is 0 Å². The van der Waals surface area contributed by atoms with Crippen LogP contribution >= 0.6 is 11.8 Å². The summed E-state index contributed by atoms with van der Waals surface area (Å²) in [4.78, 5) is 0. The van der Waals surface area contributed by atoms with Gasteiger partial charge in [-0.25, -0.2) is 0 Å². The van der Waals surface area contributed by atoms with Crippen LogP contribution in [-0.4, -0.2) is 24.7 Å². The summed E-state index contributed by atoms with van der Waals surface area (Å²) in [6.45, 7) is 0.908. The van der Waals surface area contributed by atoms with Crippen molar-refractivity contribution >= 4 is 11.8 Å². The monoisotopic (exact) mass is 251 g/mol. The van der Waals surface area contributed by atoms with E-state index in [2.05, 4.69) is 23.7 Å². The van der Waals surface area contributed by atoms with Gasteiger partial charge in [0.25, 0.3) is 0 Å². The highest BCUT2D eigenvalue weighted by Gasteiger charge is 2.25. The highest BCUT2D eigenvalue weighted by Crippen LogP contribution is 2.29. The fraction of sp³-hybridized carbons (Fsp3) is 0.571. The molecule has 1 aliphatic rings. The van der Waals surface area contributed by atoms with Crippen LogP contribution < -0.4 is 10.1 Å². The lowest BCUT2D eigenvalue weighted by Gasteiger charge is -2.19. The molecular weight excluding hydrogens is 230 g/mol. The summed E-state index contributed by atoms with van der Waals surface area (Å²) in [5.41, 5.74) is 1.25. The Morgan fingerprint density at radius 3 is 2.94 bits per heavy atom. The second kappa shape index (κ2) is 6.31. The van der Waals surface area contributed by atoms with Gasteiger partial charge in [0.05, 0.1) is 7.11 Å². The first-order valence-corrected chi connectivity index (χ1v) is 7.52. The van der Waals surface area contributed by atoms with E-state index < -0.39 is 0 Å². The van der Waals surface area contributed by atoms with E-state index in [9.17, 15) is 0 Å². The number of thioether (sulfide) groups is 1. The van der Waals surface area contributed by atoms with Gasteiger partial charge < -0.3 is 10.1 Å². The van der Waals surface area contributed by atoms with Crippen LogP contribution in [0.5, 0.6) is 5.75 Å². The highest BCUT2D eigenvalue weighted by molar-refractivity contribution is 7.99. The van der Waals surface area contributed by atoms with E-state index in [4.69, 9.17) is 4.74 Å². The molecule has 1 aromatic rings. The molecule has 0 spiro atoms. The smallest absolute Gasteiger partial charge is 0.123 e. The number of rotatable bonds is 5. The average molecular weight is 251 g/mol. The predicted octanol–water partition coefficient (Wildman–Crippen LogP) is 3.07. The van der Waals surface area contributed by atoms with Crippen molar-refractivity contribution < 1.29 is 4.74 Å². The summed E-state index contributed by atoms with van der Waals surface area (Å²) in [6, 6.07) is 8.91. The average Bonchev–Trinajstić information content (AvgIpc) is 2.84. The number of para-hydroxylation sites is 1. The van der Waals surface area contributed by atoms with Crippen LogP contribution in [0.2, 0.25) is 0 Å². The van der Waals surface area contributed by atoms with E-state index in [-0.39, 0.29) is 0 Å². The highest BCUT2D eigenvalue weighted by atomic mass is 32.2. The van der Waals surface area contributed by atoms with Crippen LogP contribution in [0.15, 0.2) is 24.3 Å². The minimum absolute atomic E-state index is 0.662. The Kier molecular flexibility index (Phi) is 4.75. The number of hydrogen-bond acceptors (Lipinski definition) is 3. The molecule has 0 bridgehead atoms. The van der Waals surface area contributed by atoms with Crippen LogP contribution in [0.3, 0.4) is 0 Å². The first-order valence-electron chi connectivity index (χ1n) is 6.23. The third-order valence-corrected chi connectivity index (χ3v) is 4.67. The Labute approximate surface area is 108 Å². The molecular formula is C14H21NOS. The van der Waals surface area contributed by atoms with Gasteiger partial charge in [0, 0.05) is 23.4 Å². The van der Waals surface area contributed by atoms with E-state index in [1.165, 1.54) is 24.8 Å². The minimum atomic E-state index is 0.662. The lowest BCUT2D eigenvalue weighted by atomic mass is 10.1. The number of hydrogen-bond donors (Lipinski definition) is 1. The van der Waals surface area contributed by atoms with Crippen molar-refractivity contribution in [2.45, 2.75) is 37.1 Å². The van der Waals surface area contributed by atoms with Gasteiger partial charge in [-0.2, -0.15) is 11.8 Å². The van der Waals surface area contributed by atoms with Crippen molar-refractivity contribution in [3.8, 4) is 5.75 Å². The minimum Gasteiger partial charge on any atom is -0.496 e. The molecule has 2 atom stereocenters. The van der Waals surface area contributed by atoms with Gasteiger partial charge in [0.2, 0.25) is 0 Å². The molecule has 0 aromatic heterocycles. The molecule has 94 valence electrons. The van der Waals surface area contributed by atoms with Crippen molar-refractivity contribution in [2.75, 3.05) is 13.4 Å². The maximum absolute atomic E-state index is 5.37. The largest absolute Gasteiger partial charge is 0.496 e. The normalized spacial score (nSPS) is 23.9. The fourth-order valence-corrected chi connectivity index (χ4v) is 3.49. The van der Waals surface area contributed by atoms with Gasteiger partial charge in [-0.1, -0.05) is 24.6 Å². The molecule has 2 rings (SSSR count). The quantitative estimate of drug-likeness (QED) is 0.869. The Balaban J connectivity index is 1.93. The van der Waals surface area contributed by atoms with Crippen molar-refractivity contribution in [1.82, 2.24) is 5.32 Å². The molecule has 1 N–H and O–H groups in total. The SMILES string of the molecule is COc1ccccc1CNC1CCCC1SC. The van der Waals surface area contributed by atoms with Crippen molar-refractivity contribution in [2.24, 2.45) is 0 Å². The summed E-state index contributed by atoms with van der Waals surface area (Å²) in [5.74, 6) is 0.985. The molecule has 3 heteroatoms. The standard InChI is InChI=1S/C14H21NOS/c1-16-13-8-4-3-6-11(13)10-15-12-7-5-9-14(12)17-2/h3-4,6,8,12,14-15H,5,7,9-10H2,1-2H3. The van der Waals surface area contributed by atoms with Gasteiger partial charge in [-0.3, -0.25) is 0 Å². The second-order valence-corrected chi connectivity index (χ2v) is 5.58. The second-order valence-electron chi connectivity index (χ2n) is 4.50. The molecule has 0 heterocycles. The molecule has 1 fully saturated rings. The van der Waals surface area contributed by atoms with E-state index in [0.29, 0.717) is 6.04 Å². The first-order chi connectivity index (χ1) is 8.35. The molecule has 17 heavy (non-hydrogen) atoms. The maximum atomic E-state index is 5.37. The van der Waals surface area contributed by atoms with Crippen LogP contribution in [0.25, 0.3) is 0 Å². The van der Waals surface area contributed by atoms with E-state index >= 15 is 0 Å². The summed E-state index contributed by atoms with van der Waals surface area (Å²) in [6.07, 6.45) is 6.23. The summed E-state index contributed by atoms with van der Waals surface area (Å²) in [5, 5.41) is 4.45. The topological polar surface area (TPSA) is 21.3 Å². The van der Waals surface area contributed by atoms with Gasteiger partial charge in [-0.15, -0.1) is 0 Å². The van der Waals surface area contributed by atoms with Crippen LogP contribution in [-0.2, 0) is 6.54 Å². The van der Waals surface area contributed by atoms with Crippen molar-refractivity contribution in [1.29, 1.82) is 0 Å². The van der Waals surface area contributed by atoms with E-state index in [1.807, 2.05) is 23.9 Å². The molecule has 1 aliphatic carbocycles. The van der Waals surface area contributed by atoms with Gasteiger partial charge in [0.15, 0.2) is 0 Å². The molecule has 0 amide bonds. The Bertz CT molecular complexity index is 356. The number of nitrogens with one attached hydrogen (secondary N) is 1. The van der Waals surface area contributed by atoms with Crippen molar-refractivity contribution in [3.05, 3.63) is 29.8 Å². The molecule has 0 radical (unpaired) electrons. The zero-order valence-electron chi connectivity index (χ0n) is 10.6. The molecule has 1 saturated carbocycles. The maximum Gasteiger partial charge on any atom is 0.123 e. The molecule has 1 aromatic carbocycles. The summed E-state index contributed by atoms with van der Waals surface area (Å²) in [7, 11) is 1.74. The fourth-order valence-electron chi connectivity index (χ4n) is 2.53. The lowest BCUT2D eigenvalue weighted by molar-refractivity contribution is 0.405. The molecule has 0 saturated heterocycles. The third-order valence-electron chi connectivity index (χ3n) is 3.50.